The van der Waals surface area contributed by atoms with Crippen LogP contribution in [0, 0.1) is 17.3 Å². The van der Waals surface area contributed by atoms with Crippen molar-refractivity contribution in [2.24, 2.45) is 17.3 Å². The normalized spacial score (nSPS) is 50.6. The van der Waals surface area contributed by atoms with Crippen molar-refractivity contribution in [2.75, 3.05) is 26.2 Å². The van der Waals surface area contributed by atoms with Gasteiger partial charge < -0.3 is 19.8 Å². The number of aliphatic hydroxyl groups excluding tert-OH is 2. The first-order chi connectivity index (χ1) is 19.1. The number of hydrogen-bond donors (Lipinski definition) is 2. The maximum atomic E-state index is 15.2. The van der Waals surface area contributed by atoms with Gasteiger partial charge in [0.1, 0.15) is 17.7 Å². The van der Waals surface area contributed by atoms with Crippen molar-refractivity contribution in [1.29, 1.82) is 0 Å². The Morgan fingerprint density at radius 3 is 2.46 bits per heavy atom. The van der Waals surface area contributed by atoms with Crippen LogP contribution in [-0.2, 0) is 0 Å². The third-order valence-electron chi connectivity index (χ3n) is 11.9. The molecule has 0 radical (unpaired) electrons. The second kappa shape index (κ2) is 11.6. The summed E-state index contributed by atoms with van der Waals surface area (Å²) in [6.07, 6.45) is 29.8. The molecule has 4 saturated heterocycles. The maximum Gasteiger partial charge on any atom is 0.147 e. The van der Waals surface area contributed by atoms with E-state index in [9.17, 15) is 10.2 Å². The van der Waals surface area contributed by atoms with Crippen LogP contribution in [0.5, 0.6) is 0 Å². The lowest BCUT2D eigenvalue weighted by atomic mass is 9.52. The highest BCUT2D eigenvalue weighted by Gasteiger charge is 2.86. The Labute approximate surface area is 236 Å². The minimum absolute atomic E-state index is 0.0720. The van der Waals surface area contributed by atoms with E-state index in [1.54, 1.807) is 6.08 Å². The number of nitrogens with zero attached hydrogens (tertiary/aromatic N) is 2. The fourth-order valence-corrected chi connectivity index (χ4v) is 10.7. The largest absolute Gasteiger partial charge is 0.806 e. The van der Waals surface area contributed by atoms with Crippen LogP contribution in [0.15, 0.2) is 48.6 Å². The zero-order chi connectivity index (χ0) is 26.9. The molecule has 6 heterocycles. The standard InChI is InChI=1S/C34H52N2O3/c37-29-19-15-11-7-3-6-10-14-18-24-36-26-27-25-33(32(36)39)21-16-12-8-4-1-2-5-9-13-17-22-35-23-20-28(27)34(36,30(29)38)31(33)35/h2,5-7,10-11,15,19,27-32,37-38H,1,3-4,8-9,12-14,16-18,20-26H2/b5-2-,10-6-,11-7-,19-15+/t27?,28?,29-,30+,31?,32?,33?,34?,36?/m0/s1. The van der Waals surface area contributed by atoms with Crippen molar-refractivity contribution >= 4 is 0 Å². The summed E-state index contributed by atoms with van der Waals surface area (Å²) in [5, 5.41) is 39.2. The topological polar surface area (TPSA) is 66.8 Å². The van der Waals surface area contributed by atoms with Crippen molar-refractivity contribution in [1.82, 2.24) is 4.90 Å². The summed E-state index contributed by atoms with van der Waals surface area (Å²) in [6.45, 7) is 3.80. The van der Waals surface area contributed by atoms with Crippen LogP contribution in [0.25, 0.3) is 0 Å². The quantitative estimate of drug-likeness (QED) is 0.351. The predicted molar refractivity (Wildman–Crippen MR) is 154 cm³/mol. The highest BCUT2D eigenvalue weighted by atomic mass is 16.3. The van der Waals surface area contributed by atoms with Gasteiger partial charge in [-0.05, 0) is 83.7 Å². The molecule has 3 spiro atoms. The maximum absolute atomic E-state index is 15.2. The number of aliphatic hydroxyl groups is 2. The van der Waals surface area contributed by atoms with E-state index in [1.807, 2.05) is 12.2 Å². The number of allylic oxidation sites excluding steroid dienone is 7. The monoisotopic (exact) mass is 536 g/mol. The Bertz CT molecular complexity index is 975. The third-order valence-corrected chi connectivity index (χ3v) is 11.9. The van der Waals surface area contributed by atoms with E-state index in [0.717, 1.165) is 84.0 Å². The lowest BCUT2D eigenvalue weighted by molar-refractivity contribution is -1.04. The molecule has 7 unspecified atom stereocenters. The van der Waals surface area contributed by atoms with Gasteiger partial charge in [0.25, 0.3) is 0 Å². The minimum atomic E-state index is -0.949. The van der Waals surface area contributed by atoms with Gasteiger partial charge in [-0.15, -0.1) is 0 Å². The van der Waals surface area contributed by atoms with Gasteiger partial charge in [0, 0.05) is 23.5 Å². The number of hydrogen-bond acceptors (Lipinski definition) is 4. The molecule has 7 rings (SSSR count). The molecular weight excluding hydrogens is 484 g/mol. The second-order valence-electron chi connectivity index (χ2n) is 13.7. The Hall–Kier alpha value is -1.24. The minimum Gasteiger partial charge on any atom is -0.806 e. The van der Waals surface area contributed by atoms with Crippen molar-refractivity contribution in [3.05, 3.63) is 48.6 Å². The van der Waals surface area contributed by atoms with Gasteiger partial charge in [-0.2, -0.15) is 0 Å². The first kappa shape index (κ1) is 27.9. The van der Waals surface area contributed by atoms with E-state index in [2.05, 4.69) is 35.3 Å². The zero-order valence-corrected chi connectivity index (χ0v) is 24.0. The van der Waals surface area contributed by atoms with Gasteiger partial charge in [-0.25, -0.2) is 0 Å². The van der Waals surface area contributed by atoms with Gasteiger partial charge >= 0.3 is 0 Å². The first-order valence-electron chi connectivity index (χ1n) is 16.3. The molecule has 7 aliphatic rings. The van der Waals surface area contributed by atoms with Crippen molar-refractivity contribution in [3.8, 4) is 0 Å². The summed E-state index contributed by atoms with van der Waals surface area (Å²) in [7, 11) is 0. The second-order valence-corrected chi connectivity index (χ2v) is 13.7. The van der Waals surface area contributed by atoms with E-state index in [0.29, 0.717) is 16.3 Å². The Morgan fingerprint density at radius 1 is 0.821 bits per heavy atom. The van der Waals surface area contributed by atoms with Crippen LogP contribution in [-0.4, -0.2) is 75.8 Å². The first-order valence-corrected chi connectivity index (χ1v) is 16.3. The molecule has 5 heteroatoms. The van der Waals surface area contributed by atoms with Gasteiger partial charge in [0.05, 0.1) is 19.1 Å². The smallest absolute Gasteiger partial charge is 0.147 e. The summed E-state index contributed by atoms with van der Waals surface area (Å²) >= 11 is 0. The fourth-order valence-electron chi connectivity index (χ4n) is 10.7. The Kier molecular flexibility index (Phi) is 8.27. The zero-order valence-electron chi connectivity index (χ0n) is 24.0. The Balaban J connectivity index is 1.45. The average molecular weight is 537 g/mol. The number of quaternary nitrogens is 1. The molecule has 1 saturated carbocycles. The molecule has 216 valence electrons. The summed E-state index contributed by atoms with van der Waals surface area (Å²) in [4.78, 5) is 2.68. The number of rotatable bonds is 0. The molecule has 5 nitrogen and oxygen atoms in total. The van der Waals surface area contributed by atoms with Crippen molar-refractivity contribution in [3.63, 3.8) is 0 Å². The van der Waals surface area contributed by atoms with Crippen molar-refractivity contribution < 1.29 is 19.8 Å². The SMILES string of the molecule is [O-]C1C23CCCCCC/C=C\CCCCN4CCC5C(C2)C[N+]12CCC/C=C\C/C=C\C=C\[C@H](O)[C@@H](O)C52C43. The molecule has 6 bridgehead atoms. The van der Waals surface area contributed by atoms with Crippen LogP contribution in [0.4, 0.5) is 0 Å². The van der Waals surface area contributed by atoms with Crippen LogP contribution in [0.1, 0.15) is 89.9 Å². The van der Waals surface area contributed by atoms with Crippen LogP contribution in [0.3, 0.4) is 0 Å². The van der Waals surface area contributed by atoms with Gasteiger partial charge in [-0.3, -0.25) is 4.90 Å². The fraction of sp³-hybridized carbons (Fsp3) is 0.765. The van der Waals surface area contributed by atoms with E-state index in [-0.39, 0.29) is 11.5 Å². The van der Waals surface area contributed by atoms with Gasteiger partial charge in [0.2, 0.25) is 0 Å². The molecule has 9 atom stereocenters. The lowest BCUT2D eigenvalue weighted by Crippen LogP contribution is -2.77. The molecule has 5 fully saturated rings. The summed E-state index contributed by atoms with van der Waals surface area (Å²) < 4.78 is 0.516. The average Bonchev–Trinajstić information content (AvgIpc) is 3.22. The number of piperidine rings is 2. The molecular formula is C34H52N2O3. The van der Waals surface area contributed by atoms with Crippen molar-refractivity contribution in [2.45, 2.75) is 120 Å². The molecule has 2 N–H and O–H groups in total. The highest BCUT2D eigenvalue weighted by molar-refractivity contribution is 5.28. The van der Waals surface area contributed by atoms with Gasteiger partial charge in [-0.1, -0.05) is 67.9 Å². The lowest BCUT2D eigenvalue weighted by Gasteiger charge is -2.59. The molecule has 0 aromatic rings. The highest BCUT2D eigenvalue weighted by Crippen LogP contribution is 2.73. The van der Waals surface area contributed by atoms with E-state index in [4.69, 9.17) is 0 Å². The predicted octanol–water partition coefficient (Wildman–Crippen LogP) is 4.61. The Morgan fingerprint density at radius 2 is 1.59 bits per heavy atom. The summed E-state index contributed by atoms with van der Waals surface area (Å²) in [6, 6.07) is 0.0720. The van der Waals surface area contributed by atoms with E-state index in [1.165, 1.54) is 32.1 Å². The van der Waals surface area contributed by atoms with E-state index < -0.39 is 24.0 Å². The van der Waals surface area contributed by atoms with E-state index >= 15 is 5.11 Å². The molecule has 1 aliphatic carbocycles. The summed E-state index contributed by atoms with van der Waals surface area (Å²) in [5.41, 5.74) is -0.866. The summed E-state index contributed by atoms with van der Waals surface area (Å²) in [5.74, 6) is 0.824. The van der Waals surface area contributed by atoms with Gasteiger partial charge in [0.15, 0.2) is 0 Å². The van der Waals surface area contributed by atoms with Crippen LogP contribution in [0.2, 0.25) is 0 Å². The molecule has 0 aromatic heterocycles. The molecule has 0 aromatic carbocycles. The molecule has 6 aliphatic heterocycles. The molecule has 0 amide bonds. The van der Waals surface area contributed by atoms with Crippen LogP contribution >= 0.6 is 0 Å². The van der Waals surface area contributed by atoms with Crippen LogP contribution < -0.4 is 5.11 Å². The molecule has 39 heavy (non-hydrogen) atoms. The third kappa shape index (κ3) is 4.37.